The van der Waals surface area contributed by atoms with Gasteiger partial charge in [0.1, 0.15) is 5.82 Å². The van der Waals surface area contributed by atoms with E-state index in [1.165, 1.54) is 17.6 Å². The van der Waals surface area contributed by atoms with E-state index >= 15 is 0 Å². The predicted octanol–water partition coefficient (Wildman–Crippen LogP) is 5.46. The van der Waals surface area contributed by atoms with E-state index in [2.05, 4.69) is 20.5 Å². The molecule has 0 bridgehead atoms. The number of carbonyl (C=O) groups excluding carboxylic acids is 1. The van der Waals surface area contributed by atoms with Gasteiger partial charge in [-0.25, -0.2) is 4.39 Å². The molecule has 0 radical (unpaired) electrons. The zero-order chi connectivity index (χ0) is 20.4. The van der Waals surface area contributed by atoms with E-state index in [9.17, 15) is 9.18 Å². The van der Waals surface area contributed by atoms with Crippen LogP contribution in [0.15, 0.2) is 47.5 Å². The van der Waals surface area contributed by atoms with Crippen molar-refractivity contribution in [3.05, 3.63) is 63.7 Å². The summed E-state index contributed by atoms with van der Waals surface area (Å²) < 4.78 is 16.5. The summed E-state index contributed by atoms with van der Waals surface area (Å²) in [5.74, 6) is 0.276. The van der Waals surface area contributed by atoms with E-state index in [0.29, 0.717) is 18.0 Å². The van der Waals surface area contributed by atoms with Crippen LogP contribution in [-0.4, -0.2) is 41.9 Å². The summed E-state index contributed by atoms with van der Waals surface area (Å²) in [5.41, 5.74) is 1.75. The standard InChI is InChI=1S/C22H23ClFN3OS.2ClH/c1-25-22-27(19-7-4-17(23)12-21(19)29-22)13-15-8-10-26(11-9-15)14-20(28)16-2-5-18(24)6-3-16;;/h2-7,12,15H,8-11,13-14H2,1H3;2*1H. The number of nitrogens with zero attached hydrogens (tertiary/aromatic N) is 3. The summed E-state index contributed by atoms with van der Waals surface area (Å²) in [6.07, 6.45) is 2.08. The Hall–Kier alpha value is -1.44. The van der Waals surface area contributed by atoms with Crippen LogP contribution in [-0.2, 0) is 6.54 Å². The second kappa shape index (κ2) is 11.4. The van der Waals surface area contributed by atoms with Crippen molar-refractivity contribution in [3.63, 3.8) is 0 Å². The molecule has 31 heavy (non-hydrogen) atoms. The molecule has 1 aliphatic rings. The van der Waals surface area contributed by atoms with Crippen LogP contribution in [0.2, 0.25) is 5.02 Å². The number of hydrogen-bond acceptors (Lipinski definition) is 4. The lowest BCUT2D eigenvalue weighted by molar-refractivity contribution is 0.0890. The van der Waals surface area contributed by atoms with Gasteiger partial charge in [-0.2, -0.15) is 0 Å². The Bertz CT molecular complexity index is 1090. The third-order valence-corrected chi connectivity index (χ3v) is 6.88. The number of benzene rings is 2. The fraction of sp³-hybridized carbons (Fsp3) is 0.364. The first kappa shape index (κ1) is 25.8. The predicted molar refractivity (Wildman–Crippen MR) is 131 cm³/mol. The van der Waals surface area contributed by atoms with Crippen molar-refractivity contribution < 1.29 is 9.18 Å². The Balaban J connectivity index is 0.00000171. The lowest BCUT2D eigenvalue weighted by atomic mass is 9.96. The molecule has 3 aromatic rings. The Kier molecular flexibility index (Phi) is 9.52. The minimum atomic E-state index is -0.318. The van der Waals surface area contributed by atoms with E-state index < -0.39 is 0 Å². The van der Waals surface area contributed by atoms with Crippen LogP contribution < -0.4 is 4.80 Å². The molecule has 0 spiro atoms. The van der Waals surface area contributed by atoms with Crippen molar-refractivity contribution >= 4 is 63.8 Å². The number of rotatable bonds is 5. The summed E-state index contributed by atoms with van der Waals surface area (Å²) in [6, 6.07) is 11.8. The van der Waals surface area contributed by atoms with Crippen molar-refractivity contribution in [2.24, 2.45) is 10.9 Å². The fourth-order valence-corrected chi connectivity index (χ4v) is 5.18. The topological polar surface area (TPSA) is 37.6 Å². The van der Waals surface area contributed by atoms with Crippen LogP contribution in [0, 0.1) is 11.7 Å². The normalized spacial score (nSPS) is 15.5. The molecule has 1 aliphatic heterocycles. The van der Waals surface area contributed by atoms with E-state index in [4.69, 9.17) is 11.6 Å². The molecule has 1 aromatic heterocycles. The average Bonchev–Trinajstić information content (AvgIpc) is 3.06. The molecule has 0 unspecified atom stereocenters. The van der Waals surface area contributed by atoms with Gasteiger partial charge in [0.2, 0.25) is 0 Å². The Morgan fingerprint density at radius 1 is 1.16 bits per heavy atom. The highest BCUT2D eigenvalue weighted by Gasteiger charge is 2.22. The zero-order valence-corrected chi connectivity index (χ0v) is 20.3. The zero-order valence-electron chi connectivity index (χ0n) is 17.1. The van der Waals surface area contributed by atoms with E-state index in [1.807, 2.05) is 19.2 Å². The number of fused-ring (bicyclic) bond motifs is 1. The molecule has 2 aromatic carbocycles. The summed E-state index contributed by atoms with van der Waals surface area (Å²) >= 11 is 7.80. The number of Topliss-reactive ketones (excluding diaryl/α,β-unsaturated/α-hetero) is 1. The number of hydrogen-bond donors (Lipinski definition) is 0. The van der Waals surface area contributed by atoms with Gasteiger partial charge < -0.3 is 4.57 Å². The first-order valence-corrected chi connectivity index (χ1v) is 11.0. The number of aromatic nitrogens is 1. The highest BCUT2D eigenvalue weighted by atomic mass is 35.5. The quantitative estimate of drug-likeness (QED) is 0.432. The van der Waals surface area contributed by atoms with Gasteiger partial charge in [0.25, 0.3) is 0 Å². The largest absolute Gasteiger partial charge is 0.316 e. The molecular weight excluding hydrogens is 480 g/mol. The van der Waals surface area contributed by atoms with Crippen molar-refractivity contribution in [3.8, 4) is 0 Å². The minimum absolute atomic E-state index is 0. The van der Waals surface area contributed by atoms with Crippen LogP contribution in [0.4, 0.5) is 4.39 Å². The lowest BCUT2D eigenvalue weighted by Crippen LogP contribution is -2.38. The van der Waals surface area contributed by atoms with Crippen molar-refractivity contribution in [1.29, 1.82) is 0 Å². The highest BCUT2D eigenvalue weighted by Crippen LogP contribution is 2.25. The maximum absolute atomic E-state index is 13.0. The molecule has 0 N–H and O–H groups in total. The van der Waals surface area contributed by atoms with Crippen LogP contribution in [0.25, 0.3) is 10.2 Å². The molecule has 1 saturated heterocycles. The first-order chi connectivity index (χ1) is 14.0. The van der Waals surface area contributed by atoms with E-state index in [1.54, 1.807) is 23.5 Å². The van der Waals surface area contributed by atoms with Gasteiger partial charge in [-0.15, -0.1) is 24.8 Å². The smallest absolute Gasteiger partial charge is 0.185 e. The summed E-state index contributed by atoms with van der Waals surface area (Å²) in [7, 11) is 1.83. The molecule has 2 heterocycles. The van der Waals surface area contributed by atoms with E-state index in [-0.39, 0.29) is 36.4 Å². The van der Waals surface area contributed by atoms with Crippen molar-refractivity contribution in [2.75, 3.05) is 26.7 Å². The van der Waals surface area contributed by atoms with Gasteiger partial charge in [-0.1, -0.05) is 22.9 Å². The summed E-state index contributed by atoms with van der Waals surface area (Å²) in [6.45, 7) is 3.10. The number of thiazole rings is 1. The van der Waals surface area contributed by atoms with Gasteiger partial charge in [0.15, 0.2) is 10.6 Å². The van der Waals surface area contributed by atoms with Gasteiger partial charge in [-0.3, -0.25) is 14.7 Å². The monoisotopic (exact) mass is 503 g/mol. The molecule has 4 nitrogen and oxygen atoms in total. The fourth-order valence-electron chi connectivity index (χ4n) is 3.91. The first-order valence-electron chi connectivity index (χ1n) is 9.76. The molecular formula is C22H25Cl3FN3OS. The molecule has 0 atom stereocenters. The Morgan fingerprint density at radius 2 is 1.84 bits per heavy atom. The molecule has 168 valence electrons. The minimum Gasteiger partial charge on any atom is -0.316 e. The molecule has 1 fully saturated rings. The van der Waals surface area contributed by atoms with Crippen molar-refractivity contribution in [1.82, 2.24) is 9.47 Å². The summed E-state index contributed by atoms with van der Waals surface area (Å²) in [5, 5.41) is 0.743. The third kappa shape index (κ3) is 6.08. The average molecular weight is 505 g/mol. The van der Waals surface area contributed by atoms with Gasteiger partial charge in [0.05, 0.1) is 16.8 Å². The molecule has 9 heteroatoms. The highest BCUT2D eigenvalue weighted by molar-refractivity contribution is 7.16. The van der Waals surface area contributed by atoms with Gasteiger partial charge in [0, 0.05) is 24.2 Å². The van der Waals surface area contributed by atoms with Crippen LogP contribution in [0.3, 0.4) is 0 Å². The number of likely N-dealkylation sites (tertiary alicyclic amines) is 1. The van der Waals surface area contributed by atoms with Crippen LogP contribution >= 0.6 is 47.8 Å². The number of piperidine rings is 1. The lowest BCUT2D eigenvalue weighted by Gasteiger charge is -2.31. The molecule has 0 saturated carbocycles. The van der Waals surface area contributed by atoms with Crippen molar-refractivity contribution in [2.45, 2.75) is 19.4 Å². The summed E-state index contributed by atoms with van der Waals surface area (Å²) in [4.78, 5) is 20.1. The number of carbonyl (C=O) groups is 1. The van der Waals surface area contributed by atoms with Crippen LogP contribution in [0.5, 0.6) is 0 Å². The van der Waals surface area contributed by atoms with Crippen LogP contribution in [0.1, 0.15) is 23.2 Å². The molecule has 4 rings (SSSR count). The second-order valence-electron chi connectivity index (χ2n) is 7.48. The Morgan fingerprint density at radius 3 is 2.48 bits per heavy atom. The maximum Gasteiger partial charge on any atom is 0.185 e. The number of ketones is 1. The molecule has 0 amide bonds. The van der Waals surface area contributed by atoms with Gasteiger partial charge in [-0.05, 0) is 74.3 Å². The molecule has 0 aliphatic carbocycles. The SMILES string of the molecule is CN=c1sc2cc(Cl)ccc2n1CC1CCN(CC(=O)c2ccc(F)cc2)CC1.Cl.Cl. The van der Waals surface area contributed by atoms with E-state index in [0.717, 1.165) is 47.0 Å². The number of halogens is 4. The van der Waals surface area contributed by atoms with Gasteiger partial charge >= 0.3 is 0 Å². The maximum atomic E-state index is 13.0. The second-order valence-corrected chi connectivity index (χ2v) is 8.93. The third-order valence-electron chi connectivity index (χ3n) is 5.52. The Labute approximate surface area is 202 Å².